The number of carbonyl (C=O) groups is 2. The summed E-state index contributed by atoms with van der Waals surface area (Å²) in [5.74, 6) is -1.20. The Kier molecular flexibility index (Phi) is 1.99. The first-order valence-corrected chi connectivity index (χ1v) is 3.46. The number of carboxylic acids is 1. The molecule has 1 aromatic heterocycles. The van der Waals surface area contributed by atoms with Gasteiger partial charge < -0.3 is 10.1 Å². The number of ketones is 1. The van der Waals surface area contributed by atoms with Crippen LogP contribution in [0.25, 0.3) is 0 Å². The Labute approximate surface area is 69.2 Å². The van der Waals surface area contributed by atoms with Crippen molar-refractivity contribution in [1.29, 1.82) is 0 Å². The van der Waals surface area contributed by atoms with Gasteiger partial charge in [-0.3, -0.25) is 4.79 Å². The number of nitrogens with one attached hydrogen (secondary N) is 1. The second kappa shape index (κ2) is 2.81. The van der Waals surface area contributed by atoms with Crippen LogP contribution in [0.5, 0.6) is 0 Å². The van der Waals surface area contributed by atoms with Gasteiger partial charge in [-0.25, -0.2) is 4.79 Å². The normalized spacial score (nSPS) is 9.83. The van der Waals surface area contributed by atoms with Crippen molar-refractivity contribution in [3.8, 4) is 0 Å². The maximum atomic E-state index is 10.8. The third-order valence-corrected chi connectivity index (χ3v) is 1.61. The molecule has 0 amide bonds. The van der Waals surface area contributed by atoms with Crippen molar-refractivity contribution in [3.05, 3.63) is 23.0 Å². The van der Waals surface area contributed by atoms with E-state index in [1.807, 2.05) is 0 Å². The molecule has 0 spiro atoms. The minimum atomic E-state index is -1.04. The van der Waals surface area contributed by atoms with Gasteiger partial charge in [0.15, 0.2) is 5.78 Å². The number of H-pyrrole nitrogens is 1. The van der Waals surface area contributed by atoms with Gasteiger partial charge in [0.1, 0.15) is 5.69 Å². The van der Waals surface area contributed by atoms with Gasteiger partial charge in [-0.15, -0.1) is 0 Å². The number of hydrogen-bond donors (Lipinski definition) is 2. The zero-order valence-electron chi connectivity index (χ0n) is 6.84. The predicted octanol–water partition coefficient (Wildman–Crippen LogP) is 1.22. The van der Waals surface area contributed by atoms with Crippen molar-refractivity contribution in [2.75, 3.05) is 0 Å². The summed E-state index contributed by atoms with van der Waals surface area (Å²) in [5, 5.41) is 8.62. The molecule has 64 valence electrons. The molecule has 0 aromatic carbocycles. The minimum absolute atomic E-state index is 0.0835. The van der Waals surface area contributed by atoms with Crippen LogP contribution in [0.15, 0.2) is 6.07 Å². The third-order valence-electron chi connectivity index (χ3n) is 1.61. The first kappa shape index (κ1) is 8.52. The molecule has 1 heterocycles. The summed E-state index contributed by atoms with van der Waals surface area (Å²) < 4.78 is 0. The molecule has 0 atom stereocenters. The molecule has 0 saturated carbocycles. The number of aromatic amines is 1. The standard InChI is InChI=1S/C8H9NO3/c1-4-3-6(5(2)10)9-7(4)8(11)12/h3,9H,1-2H3,(H,11,12). The van der Waals surface area contributed by atoms with E-state index in [0.717, 1.165) is 0 Å². The summed E-state index contributed by atoms with van der Waals surface area (Å²) in [6.07, 6.45) is 0. The fourth-order valence-corrected chi connectivity index (χ4v) is 0.970. The maximum absolute atomic E-state index is 10.8. The SMILES string of the molecule is CC(=O)c1cc(C)c(C(=O)O)[nH]1. The molecule has 0 bridgehead atoms. The van der Waals surface area contributed by atoms with Crippen LogP contribution < -0.4 is 0 Å². The number of Topliss-reactive ketones (excluding diaryl/α,β-unsaturated/α-hetero) is 1. The van der Waals surface area contributed by atoms with E-state index < -0.39 is 5.97 Å². The topological polar surface area (TPSA) is 70.2 Å². The Morgan fingerprint density at radius 1 is 1.50 bits per heavy atom. The Morgan fingerprint density at radius 3 is 2.33 bits per heavy atom. The summed E-state index contributed by atoms with van der Waals surface area (Å²) >= 11 is 0. The highest BCUT2D eigenvalue weighted by molar-refractivity contribution is 5.96. The lowest BCUT2D eigenvalue weighted by Crippen LogP contribution is -2.00. The molecular weight excluding hydrogens is 158 g/mol. The highest BCUT2D eigenvalue weighted by atomic mass is 16.4. The lowest BCUT2D eigenvalue weighted by molar-refractivity contribution is 0.0690. The number of aromatic nitrogens is 1. The molecule has 12 heavy (non-hydrogen) atoms. The van der Waals surface area contributed by atoms with Gasteiger partial charge in [-0.1, -0.05) is 0 Å². The lowest BCUT2D eigenvalue weighted by Gasteiger charge is -1.89. The third kappa shape index (κ3) is 1.37. The van der Waals surface area contributed by atoms with Crippen molar-refractivity contribution < 1.29 is 14.7 Å². The van der Waals surface area contributed by atoms with Crippen LogP contribution in [0, 0.1) is 6.92 Å². The molecule has 0 aliphatic heterocycles. The fraction of sp³-hybridized carbons (Fsp3) is 0.250. The van der Waals surface area contributed by atoms with Crippen molar-refractivity contribution in [1.82, 2.24) is 4.98 Å². The number of rotatable bonds is 2. The monoisotopic (exact) mass is 167 g/mol. The first-order chi connectivity index (χ1) is 5.52. The van der Waals surface area contributed by atoms with E-state index in [1.165, 1.54) is 13.0 Å². The Bertz CT molecular complexity index is 338. The highest BCUT2D eigenvalue weighted by Gasteiger charge is 2.12. The summed E-state index contributed by atoms with van der Waals surface area (Å²) in [4.78, 5) is 23.9. The van der Waals surface area contributed by atoms with E-state index >= 15 is 0 Å². The van der Waals surface area contributed by atoms with Crippen molar-refractivity contribution in [2.24, 2.45) is 0 Å². The quantitative estimate of drug-likeness (QED) is 0.650. The average molecular weight is 167 g/mol. The van der Waals surface area contributed by atoms with Crippen LogP contribution >= 0.6 is 0 Å². The van der Waals surface area contributed by atoms with Crippen LogP contribution in [-0.4, -0.2) is 21.8 Å². The molecule has 4 nitrogen and oxygen atoms in total. The molecule has 0 unspecified atom stereocenters. The van der Waals surface area contributed by atoms with Crippen molar-refractivity contribution in [3.63, 3.8) is 0 Å². The van der Waals surface area contributed by atoms with Gasteiger partial charge in [-0.2, -0.15) is 0 Å². The lowest BCUT2D eigenvalue weighted by atomic mass is 10.2. The van der Waals surface area contributed by atoms with Crippen LogP contribution in [-0.2, 0) is 0 Å². The number of carbonyl (C=O) groups excluding carboxylic acids is 1. The summed E-state index contributed by atoms with van der Waals surface area (Å²) in [7, 11) is 0. The van der Waals surface area contributed by atoms with Crippen molar-refractivity contribution in [2.45, 2.75) is 13.8 Å². The molecular formula is C8H9NO3. The molecule has 1 aromatic rings. The van der Waals surface area contributed by atoms with E-state index in [9.17, 15) is 9.59 Å². The van der Waals surface area contributed by atoms with Gasteiger partial charge in [0.2, 0.25) is 0 Å². The highest BCUT2D eigenvalue weighted by Crippen LogP contribution is 2.09. The van der Waals surface area contributed by atoms with Gasteiger partial charge in [0, 0.05) is 6.92 Å². The zero-order chi connectivity index (χ0) is 9.30. The second-order valence-electron chi connectivity index (χ2n) is 2.60. The van der Waals surface area contributed by atoms with E-state index in [0.29, 0.717) is 11.3 Å². The first-order valence-electron chi connectivity index (χ1n) is 3.46. The molecule has 0 aliphatic rings. The van der Waals surface area contributed by atoms with E-state index in [-0.39, 0.29) is 11.5 Å². The number of hydrogen-bond acceptors (Lipinski definition) is 2. The van der Waals surface area contributed by atoms with Crippen LogP contribution in [0.1, 0.15) is 33.5 Å². The van der Waals surface area contributed by atoms with E-state index in [4.69, 9.17) is 5.11 Å². The van der Waals surface area contributed by atoms with Crippen LogP contribution in [0.4, 0.5) is 0 Å². The van der Waals surface area contributed by atoms with E-state index in [2.05, 4.69) is 4.98 Å². The zero-order valence-corrected chi connectivity index (χ0v) is 6.84. The summed E-state index contributed by atoms with van der Waals surface area (Å²) in [5.41, 5.74) is 0.998. The molecule has 1 rings (SSSR count). The van der Waals surface area contributed by atoms with Gasteiger partial charge in [0.05, 0.1) is 5.69 Å². The van der Waals surface area contributed by atoms with Gasteiger partial charge >= 0.3 is 5.97 Å². The van der Waals surface area contributed by atoms with Crippen LogP contribution in [0.2, 0.25) is 0 Å². The molecule has 0 aliphatic carbocycles. The smallest absolute Gasteiger partial charge is 0.352 e. The summed E-state index contributed by atoms with van der Waals surface area (Å²) in [6, 6.07) is 1.53. The average Bonchev–Trinajstić information content (AvgIpc) is 2.30. The van der Waals surface area contributed by atoms with Gasteiger partial charge in [0.25, 0.3) is 0 Å². The van der Waals surface area contributed by atoms with Gasteiger partial charge in [-0.05, 0) is 18.6 Å². The summed E-state index contributed by atoms with van der Waals surface area (Å²) in [6.45, 7) is 3.03. The number of carboxylic acid groups (broad SMARTS) is 1. The fourth-order valence-electron chi connectivity index (χ4n) is 0.970. The minimum Gasteiger partial charge on any atom is -0.477 e. The molecule has 0 saturated heterocycles. The second-order valence-corrected chi connectivity index (χ2v) is 2.60. The maximum Gasteiger partial charge on any atom is 0.352 e. The molecule has 4 heteroatoms. The van der Waals surface area contributed by atoms with E-state index in [1.54, 1.807) is 6.92 Å². The number of aromatic carboxylic acids is 1. The molecule has 0 radical (unpaired) electrons. The Balaban J connectivity index is 3.17. The predicted molar refractivity (Wildman–Crippen MR) is 42.5 cm³/mol. The molecule has 2 N–H and O–H groups in total. The largest absolute Gasteiger partial charge is 0.477 e. The van der Waals surface area contributed by atoms with Crippen molar-refractivity contribution >= 4 is 11.8 Å². The Hall–Kier alpha value is -1.58. The van der Waals surface area contributed by atoms with Crippen LogP contribution in [0.3, 0.4) is 0 Å². The number of aryl methyl sites for hydroxylation is 1. The molecule has 0 fully saturated rings. The Morgan fingerprint density at radius 2 is 2.08 bits per heavy atom.